The van der Waals surface area contributed by atoms with Gasteiger partial charge in [-0.05, 0) is 24.3 Å². The molecule has 2 N–H and O–H groups in total. The fraction of sp³-hybridized carbons (Fsp3) is 0.0769. The number of pyridine rings is 1. The van der Waals surface area contributed by atoms with Crippen molar-refractivity contribution in [3.05, 3.63) is 53.7 Å². The Morgan fingerprint density at radius 3 is 2.71 bits per heavy atom. The molecule has 0 saturated carbocycles. The van der Waals surface area contributed by atoms with Gasteiger partial charge in [-0.25, -0.2) is 4.98 Å². The van der Waals surface area contributed by atoms with Crippen molar-refractivity contribution in [2.24, 2.45) is 0 Å². The Morgan fingerprint density at radius 1 is 1.24 bits per heavy atom. The SMILES string of the molecule is COc1cccc(C(=O)c2ccc(N)nc2)c1. The summed E-state index contributed by atoms with van der Waals surface area (Å²) in [4.78, 5) is 16.0. The Bertz CT molecular complexity index is 535. The third kappa shape index (κ3) is 2.42. The van der Waals surface area contributed by atoms with E-state index in [0.29, 0.717) is 22.7 Å². The van der Waals surface area contributed by atoms with E-state index >= 15 is 0 Å². The van der Waals surface area contributed by atoms with E-state index < -0.39 is 0 Å². The zero-order chi connectivity index (χ0) is 12.3. The van der Waals surface area contributed by atoms with Gasteiger partial charge < -0.3 is 10.5 Å². The number of nitrogens with two attached hydrogens (primary N) is 1. The Hall–Kier alpha value is -2.36. The standard InChI is InChI=1S/C13H12N2O2/c1-17-11-4-2-3-9(7-11)13(16)10-5-6-12(14)15-8-10/h2-8H,1H3,(H2,14,15). The molecule has 0 radical (unpaired) electrons. The number of nitrogen functional groups attached to an aromatic ring is 1. The molecule has 1 heterocycles. The topological polar surface area (TPSA) is 65.2 Å². The third-order valence-electron chi connectivity index (χ3n) is 2.38. The number of carbonyl (C=O) groups is 1. The van der Waals surface area contributed by atoms with Crippen molar-refractivity contribution in [1.82, 2.24) is 4.98 Å². The van der Waals surface area contributed by atoms with Crippen molar-refractivity contribution in [3.8, 4) is 5.75 Å². The van der Waals surface area contributed by atoms with Gasteiger partial charge in [0, 0.05) is 17.3 Å². The van der Waals surface area contributed by atoms with E-state index in [1.807, 2.05) is 0 Å². The van der Waals surface area contributed by atoms with E-state index in [-0.39, 0.29) is 5.78 Å². The minimum atomic E-state index is -0.101. The number of rotatable bonds is 3. The van der Waals surface area contributed by atoms with Gasteiger partial charge in [0.25, 0.3) is 0 Å². The Labute approximate surface area is 99.1 Å². The predicted octanol–water partition coefficient (Wildman–Crippen LogP) is 1.90. The summed E-state index contributed by atoms with van der Waals surface area (Å²) in [5.74, 6) is 0.947. The quantitative estimate of drug-likeness (QED) is 0.815. The number of aromatic nitrogens is 1. The lowest BCUT2D eigenvalue weighted by Gasteiger charge is -2.03. The first-order chi connectivity index (χ1) is 8.20. The van der Waals surface area contributed by atoms with Crippen LogP contribution in [0.4, 0.5) is 5.82 Å². The van der Waals surface area contributed by atoms with Crippen molar-refractivity contribution >= 4 is 11.6 Å². The lowest BCUT2D eigenvalue weighted by Crippen LogP contribution is -2.03. The molecule has 0 aliphatic carbocycles. The molecule has 1 aromatic heterocycles. The van der Waals surface area contributed by atoms with Gasteiger partial charge in [0.2, 0.25) is 0 Å². The van der Waals surface area contributed by atoms with Crippen molar-refractivity contribution < 1.29 is 9.53 Å². The molecule has 0 aliphatic heterocycles. The highest BCUT2D eigenvalue weighted by Crippen LogP contribution is 2.16. The van der Waals surface area contributed by atoms with Crippen LogP contribution in [0.2, 0.25) is 0 Å². The molecule has 0 fully saturated rings. The van der Waals surface area contributed by atoms with Crippen LogP contribution in [0.1, 0.15) is 15.9 Å². The number of hydrogen-bond acceptors (Lipinski definition) is 4. The van der Waals surface area contributed by atoms with Gasteiger partial charge in [-0.3, -0.25) is 4.79 Å². The minimum Gasteiger partial charge on any atom is -0.497 e. The molecule has 4 nitrogen and oxygen atoms in total. The first-order valence-electron chi connectivity index (χ1n) is 5.11. The lowest BCUT2D eigenvalue weighted by atomic mass is 10.0. The second kappa shape index (κ2) is 4.65. The van der Waals surface area contributed by atoms with Gasteiger partial charge in [0.15, 0.2) is 5.78 Å². The minimum absolute atomic E-state index is 0.101. The summed E-state index contributed by atoms with van der Waals surface area (Å²) in [6.07, 6.45) is 1.47. The van der Waals surface area contributed by atoms with Crippen molar-refractivity contribution in [1.29, 1.82) is 0 Å². The molecule has 86 valence electrons. The van der Waals surface area contributed by atoms with E-state index in [0.717, 1.165) is 0 Å². The average Bonchev–Trinajstić information content (AvgIpc) is 2.39. The van der Waals surface area contributed by atoms with Crippen LogP contribution in [-0.4, -0.2) is 17.9 Å². The number of methoxy groups -OCH3 is 1. The highest BCUT2D eigenvalue weighted by atomic mass is 16.5. The molecule has 17 heavy (non-hydrogen) atoms. The van der Waals surface area contributed by atoms with Gasteiger partial charge in [0.05, 0.1) is 7.11 Å². The zero-order valence-corrected chi connectivity index (χ0v) is 9.38. The number of hydrogen-bond donors (Lipinski definition) is 1. The summed E-state index contributed by atoms with van der Waals surface area (Å²) in [6, 6.07) is 10.3. The number of carbonyl (C=O) groups excluding carboxylic acids is 1. The van der Waals surface area contributed by atoms with Gasteiger partial charge in [0.1, 0.15) is 11.6 Å². The number of benzene rings is 1. The molecular weight excluding hydrogens is 216 g/mol. The molecule has 4 heteroatoms. The second-order valence-corrected chi connectivity index (χ2v) is 3.53. The van der Waals surface area contributed by atoms with Crippen LogP contribution in [0.5, 0.6) is 5.75 Å². The maximum atomic E-state index is 12.1. The Balaban J connectivity index is 2.33. The van der Waals surface area contributed by atoms with Crippen molar-refractivity contribution in [2.75, 3.05) is 12.8 Å². The number of anilines is 1. The summed E-state index contributed by atoms with van der Waals surface area (Å²) < 4.78 is 5.07. The monoisotopic (exact) mass is 228 g/mol. The summed E-state index contributed by atoms with van der Waals surface area (Å²) in [6.45, 7) is 0. The third-order valence-corrected chi connectivity index (χ3v) is 2.38. The number of ketones is 1. The van der Waals surface area contributed by atoms with E-state index in [2.05, 4.69) is 4.98 Å². The van der Waals surface area contributed by atoms with Crippen LogP contribution in [0.15, 0.2) is 42.6 Å². The first-order valence-corrected chi connectivity index (χ1v) is 5.11. The highest BCUT2D eigenvalue weighted by molar-refractivity contribution is 6.09. The Morgan fingerprint density at radius 2 is 2.06 bits per heavy atom. The molecule has 0 atom stereocenters. The lowest BCUT2D eigenvalue weighted by molar-refractivity contribution is 0.103. The van der Waals surface area contributed by atoms with Crippen LogP contribution in [0.25, 0.3) is 0 Å². The van der Waals surface area contributed by atoms with Crippen LogP contribution in [0, 0.1) is 0 Å². The zero-order valence-electron chi connectivity index (χ0n) is 9.38. The van der Waals surface area contributed by atoms with E-state index in [4.69, 9.17) is 10.5 Å². The van der Waals surface area contributed by atoms with E-state index in [1.54, 1.807) is 43.5 Å². The highest BCUT2D eigenvalue weighted by Gasteiger charge is 2.09. The molecule has 2 aromatic rings. The molecule has 0 aliphatic rings. The molecule has 1 aromatic carbocycles. The Kier molecular flexibility index (Phi) is 3.05. The van der Waals surface area contributed by atoms with Crippen LogP contribution >= 0.6 is 0 Å². The fourth-order valence-electron chi connectivity index (χ4n) is 1.47. The summed E-state index contributed by atoms with van der Waals surface area (Å²) in [5, 5.41) is 0. The van der Waals surface area contributed by atoms with Crippen LogP contribution in [-0.2, 0) is 0 Å². The van der Waals surface area contributed by atoms with Gasteiger partial charge >= 0.3 is 0 Å². The predicted molar refractivity (Wildman–Crippen MR) is 65.1 cm³/mol. The normalized spacial score (nSPS) is 9.94. The van der Waals surface area contributed by atoms with Crippen molar-refractivity contribution in [2.45, 2.75) is 0 Å². The maximum Gasteiger partial charge on any atom is 0.194 e. The van der Waals surface area contributed by atoms with Crippen LogP contribution in [0.3, 0.4) is 0 Å². The van der Waals surface area contributed by atoms with Gasteiger partial charge in [-0.1, -0.05) is 12.1 Å². The summed E-state index contributed by atoms with van der Waals surface area (Å²) in [7, 11) is 1.56. The van der Waals surface area contributed by atoms with E-state index in [1.165, 1.54) is 6.20 Å². The smallest absolute Gasteiger partial charge is 0.194 e. The second-order valence-electron chi connectivity index (χ2n) is 3.53. The molecule has 0 saturated heterocycles. The largest absolute Gasteiger partial charge is 0.497 e. The van der Waals surface area contributed by atoms with Gasteiger partial charge in [-0.2, -0.15) is 0 Å². The fourth-order valence-corrected chi connectivity index (χ4v) is 1.47. The molecule has 0 bridgehead atoms. The molecular formula is C13H12N2O2. The average molecular weight is 228 g/mol. The summed E-state index contributed by atoms with van der Waals surface area (Å²) >= 11 is 0. The maximum absolute atomic E-state index is 12.1. The molecule has 0 spiro atoms. The van der Waals surface area contributed by atoms with Crippen molar-refractivity contribution in [3.63, 3.8) is 0 Å². The molecule has 2 rings (SSSR count). The number of nitrogens with zero attached hydrogens (tertiary/aromatic N) is 1. The van der Waals surface area contributed by atoms with Crippen LogP contribution < -0.4 is 10.5 Å². The van der Waals surface area contributed by atoms with Gasteiger partial charge in [-0.15, -0.1) is 0 Å². The van der Waals surface area contributed by atoms with E-state index in [9.17, 15) is 4.79 Å². The first kappa shape index (κ1) is 11.1. The molecule has 0 amide bonds. The molecule has 0 unspecified atom stereocenters. The summed E-state index contributed by atoms with van der Waals surface area (Å²) in [5.41, 5.74) is 6.54. The number of ether oxygens (including phenoxy) is 1.